The van der Waals surface area contributed by atoms with E-state index in [4.69, 9.17) is 0 Å². The number of hydrogen-bond donors (Lipinski definition) is 2. The van der Waals surface area contributed by atoms with E-state index in [0.717, 1.165) is 29.1 Å². The van der Waals surface area contributed by atoms with Gasteiger partial charge in [-0.1, -0.05) is 63.2 Å². The van der Waals surface area contributed by atoms with E-state index in [2.05, 4.69) is 85.3 Å². The van der Waals surface area contributed by atoms with Gasteiger partial charge in [-0.25, -0.2) is 0 Å². The molecule has 3 aromatic rings. The minimum Gasteiger partial charge on any atom is -0.372 e. The molecular formula is C27H28N2OS. The maximum absolute atomic E-state index is 13.5. The topological polar surface area (TPSA) is 41.1 Å². The van der Waals surface area contributed by atoms with Crippen molar-refractivity contribution in [3.63, 3.8) is 0 Å². The Bertz CT molecular complexity index is 1140. The summed E-state index contributed by atoms with van der Waals surface area (Å²) in [5, 5.41) is 9.34. The van der Waals surface area contributed by atoms with E-state index >= 15 is 0 Å². The fraction of sp³-hybridized carbons (Fsp3) is 0.296. The second kappa shape index (κ2) is 7.69. The van der Waals surface area contributed by atoms with Crippen molar-refractivity contribution in [2.45, 2.75) is 51.0 Å². The molecule has 2 N–H and O–H groups in total. The van der Waals surface area contributed by atoms with Crippen molar-refractivity contribution in [1.82, 2.24) is 0 Å². The average molecular weight is 429 g/mol. The lowest BCUT2D eigenvalue weighted by Gasteiger charge is -2.29. The summed E-state index contributed by atoms with van der Waals surface area (Å²) in [6, 6.07) is 21.1. The first-order chi connectivity index (χ1) is 14.9. The van der Waals surface area contributed by atoms with Gasteiger partial charge >= 0.3 is 0 Å². The summed E-state index contributed by atoms with van der Waals surface area (Å²) in [7, 11) is 0. The van der Waals surface area contributed by atoms with E-state index in [1.54, 1.807) is 11.3 Å². The molecule has 0 radical (unpaired) electrons. The zero-order valence-corrected chi connectivity index (χ0v) is 19.1. The van der Waals surface area contributed by atoms with Crippen LogP contribution in [0.15, 0.2) is 77.3 Å². The summed E-state index contributed by atoms with van der Waals surface area (Å²) in [4.78, 5) is 14.7. The zero-order valence-electron chi connectivity index (χ0n) is 18.2. The van der Waals surface area contributed by atoms with Crippen molar-refractivity contribution in [2.24, 2.45) is 0 Å². The van der Waals surface area contributed by atoms with Gasteiger partial charge in [-0.05, 0) is 52.5 Å². The SMILES string of the molecule is CC(C)(C)c1ccc(C2CC(=O)C3=C(C2)Nc2ccccc2NC3c2cccs2)cc1. The molecule has 1 aliphatic carbocycles. The Balaban J connectivity index is 1.53. The van der Waals surface area contributed by atoms with Gasteiger partial charge in [0, 0.05) is 22.6 Å². The molecule has 4 heteroatoms. The van der Waals surface area contributed by atoms with E-state index in [9.17, 15) is 4.79 Å². The quantitative estimate of drug-likeness (QED) is 0.460. The highest BCUT2D eigenvalue weighted by Crippen LogP contribution is 2.45. The Morgan fingerprint density at radius 1 is 0.903 bits per heavy atom. The van der Waals surface area contributed by atoms with E-state index in [0.29, 0.717) is 6.42 Å². The van der Waals surface area contributed by atoms with Crippen molar-refractivity contribution >= 4 is 28.5 Å². The number of para-hydroxylation sites is 2. The van der Waals surface area contributed by atoms with Crippen LogP contribution >= 0.6 is 11.3 Å². The maximum Gasteiger partial charge on any atom is 0.163 e. The number of rotatable bonds is 2. The Kier molecular flexibility index (Phi) is 4.98. The number of Topliss-reactive ketones (excluding diaryl/α,β-unsaturated/α-hetero) is 1. The normalized spacial score (nSPS) is 20.9. The van der Waals surface area contributed by atoms with Gasteiger partial charge in [-0.2, -0.15) is 0 Å². The van der Waals surface area contributed by atoms with Crippen LogP contribution in [0.3, 0.4) is 0 Å². The van der Waals surface area contributed by atoms with Crippen LogP contribution < -0.4 is 10.6 Å². The first-order valence-electron chi connectivity index (χ1n) is 10.9. The van der Waals surface area contributed by atoms with Gasteiger partial charge in [0.15, 0.2) is 5.78 Å². The number of carbonyl (C=O) groups excluding carboxylic acids is 1. The van der Waals surface area contributed by atoms with Gasteiger partial charge in [-0.3, -0.25) is 4.79 Å². The van der Waals surface area contributed by atoms with Crippen molar-refractivity contribution in [3.05, 3.63) is 93.3 Å². The second-order valence-electron chi connectivity index (χ2n) is 9.56. The second-order valence-corrected chi connectivity index (χ2v) is 10.5. The minimum absolute atomic E-state index is 0.108. The number of fused-ring (bicyclic) bond motifs is 1. The van der Waals surface area contributed by atoms with Crippen LogP contribution in [0.2, 0.25) is 0 Å². The largest absolute Gasteiger partial charge is 0.372 e. The fourth-order valence-electron chi connectivity index (χ4n) is 4.65. The average Bonchev–Trinajstić information content (AvgIpc) is 3.22. The van der Waals surface area contributed by atoms with Gasteiger partial charge in [0.25, 0.3) is 0 Å². The molecule has 3 nitrogen and oxygen atoms in total. The summed E-state index contributed by atoms with van der Waals surface area (Å²) < 4.78 is 0. The van der Waals surface area contributed by atoms with Gasteiger partial charge in [-0.15, -0.1) is 11.3 Å². The lowest BCUT2D eigenvalue weighted by atomic mass is 9.78. The van der Waals surface area contributed by atoms with Crippen molar-refractivity contribution < 1.29 is 4.79 Å². The van der Waals surface area contributed by atoms with Crippen LogP contribution in [0.25, 0.3) is 0 Å². The molecule has 2 atom stereocenters. The van der Waals surface area contributed by atoms with Crippen molar-refractivity contribution in [3.8, 4) is 0 Å². The molecule has 1 aromatic heterocycles. The molecule has 1 aliphatic heterocycles. The highest BCUT2D eigenvalue weighted by Gasteiger charge is 2.36. The molecule has 0 saturated heterocycles. The minimum atomic E-state index is -0.108. The van der Waals surface area contributed by atoms with Gasteiger partial charge < -0.3 is 10.6 Å². The first-order valence-corrected chi connectivity index (χ1v) is 11.8. The van der Waals surface area contributed by atoms with E-state index in [-0.39, 0.29) is 23.2 Å². The summed E-state index contributed by atoms with van der Waals surface area (Å²) >= 11 is 1.70. The number of benzene rings is 2. The summed E-state index contributed by atoms with van der Waals surface area (Å²) in [6.45, 7) is 6.69. The van der Waals surface area contributed by atoms with E-state index < -0.39 is 0 Å². The molecule has 0 fully saturated rings. The number of carbonyl (C=O) groups is 1. The number of anilines is 2. The molecule has 31 heavy (non-hydrogen) atoms. The third-order valence-corrected chi connectivity index (χ3v) is 7.32. The summed E-state index contributed by atoms with van der Waals surface area (Å²) in [5.74, 6) is 0.430. The molecule has 2 heterocycles. The smallest absolute Gasteiger partial charge is 0.163 e. The number of ketones is 1. The van der Waals surface area contributed by atoms with E-state index in [1.165, 1.54) is 16.0 Å². The molecule has 2 aromatic carbocycles. The predicted molar refractivity (Wildman–Crippen MR) is 130 cm³/mol. The summed E-state index contributed by atoms with van der Waals surface area (Å²) in [6.07, 6.45) is 1.39. The molecule has 0 bridgehead atoms. The highest BCUT2D eigenvalue weighted by atomic mass is 32.1. The van der Waals surface area contributed by atoms with Gasteiger partial charge in [0.2, 0.25) is 0 Å². The first kappa shape index (κ1) is 20.1. The Hall–Kier alpha value is -2.85. The van der Waals surface area contributed by atoms with Crippen LogP contribution in [0, 0.1) is 0 Å². The molecule has 0 spiro atoms. The van der Waals surface area contributed by atoms with Gasteiger partial charge in [0.05, 0.1) is 17.4 Å². The Labute approximate surface area is 188 Å². The Morgan fingerprint density at radius 3 is 2.32 bits per heavy atom. The fourth-order valence-corrected chi connectivity index (χ4v) is 5.44. The standard InChI is InChI=1S/C27H28N2OS/c1-27(2,3)19-12-10-17(11-13-19)18-15-22-25(23(30)16-18)26(24-9-6-14-31-24)29-21-8-5-4-7-20(21)28-22/h4-14,18,26,28-29H,15-16H2,1-3H3. The number of hydrogen-bond acceptors (Lipinski definition) is 4. The third kappa shape index (κ3) is 3.81. The van der Waals surface area contributed by atoms with Gasteiger partial charge in [0.1, 0.15) is 0 Å². The molecular weight excluding hydrogens is 400 g/mol. The van der Waals surface area contributed by atoms with Crippen molar-refractivity contribution in [2.75, 3.05) is 10.6 Å². The predicted octanol–water partition coefficient (Wildman–Crippen LogP) is 7.03. The monoisotopic (exact) mass is 428 g/mol. The third-order valence-electron chi connectivity index (χ3n) is 6.38. The van der Waals surface area contributed by atoms with E-state index in [1.807, 2.05) is 12.1 Å². The molecule has 2 aliphatic rings. The lowest BCUT2D eigenvalue weighted by molar-refractivity contribution is -0.116. The molecule has 0 amide bonds. The molecule has 2 unspecified atom stereocenters. The highest BCUT2D eigenvalue weighted by molar-refractivity contribution is 7.10. The maximum atomic E-state index is 13.5. The molecule has 158 valence electrons. The van der Waals surface area contributed by atoms with Crippen LogP contribution in [-0.2, 0) is 10.2 Å². The van der Waals surface area contributed by atoms with Crippen LogP contribution in [0.5, 0.6) is 0 Å². The van der Waals surface area contributed by atoms with Crippen LogP contribution in [0.4, 0.5) is 11.4 Å². The number of nitrogens with one attached hydrogen (secondary N) is 2. The van der Waals surface area contributed by atoms with Crippen LogP contribution in [-0.4, -0.2) is 5.78 Å². The number of thiophene rings is 1. The van der Waals surface area contributed by atoms with Crippen LogP contribution in [0.1, 0.15) is 61.6 Å². The summed E-state index contributed by atoms with van der Waals surface area (Å²) in [5.41, 5.74) is 6.70. The molecule has 5 rings (SSSR count). The lowest BCUT2D eigenvalue weighted by Crippen LogP contribution is -2.26. The molecule has 0 saturated carbocycles. The zero-order chi connectivity index (χ0) is 21.6. The Morgan fingerprint density at radius 2 is 1.65 bits per heavy atom. The van der Waals surface area contributed by atoms with Crippen molar-refractivity contribution in [1.29, 1.82) is 0 Å². The number of allylic oxidation sites excluding steroid dienone is 1.